The summed E-state index contributed by atoms with van der Waals surface area (Å²) in [4.78, 5) is 20.8. The third kappa shape index (κ3) is 2.97. The number of aryl methyl sites for hydroxylation is 3. The van der Waals surface area contributed by atoms with Gasteiger partial charge in [0.2, 0.25) is 5.01 Å². The lowest BCUT2D eigenvalue weighted by molar-refractivity contribution is 0.0746. The number of anilines is 1. The van der Waals surface area contributed by atoms with E-state index >= 15 is 0 Å². The molecule has 1 aromatic carbocycles. The summed E-state index contributed by atoms with van der Waals surface area (Å²) >= 11 is 1.19. The van der Waals surface area contributed by atoms with E-state index in [1.54, 1.807) is 0 Å². The average Bonchev–Trinajstić information content (AvgIpc) is 2.96. The minimum Gasteiger partial charge on any atom is -0.368 e. The van der Waals surface area contributed by atoms with Crippen molar-refractivity contribution < 1.29 is 4.79 Å². The first-order valence-corrected chi connectivity index (χ1v) is 8.24. The van der Waals surface area contributed by atoms with Crippen LogP contribution in [0.2, 0.25) is 0 Å². The van der Waals surface area contributed by atoms with Gasteiger partial charge in [0.1, 0.15) is 5.82 Å². The number of nitrogens with zero attached hydrogens (tertiary/aromatic N) is 4. The maximum absolute atomic E-state index is 12.4. The van der Waals surface area contributed by atoms with Crippen LogP contribution in [0.1, 0.15) is 26.8 Å². The van der Waals surface area contributed by atoms with Gasteiger partial charge in [-0.15, -0.1) is 0 Å². The van der Waals surface area contributed by atoms with Crippen LogP contribution in [0.25, 0.3) is 0 Å². The number of piperazine rings is 1. The van der Waals surface area contributed by atoms with Crippen molar-refractivity contribution in [3.63, 3.8) is 0 Å². The highest BCUT2D eigenvalue weighted by atomic mass is 32.1. The van der Waals surface area contributed by atoms with Crippen LogP contribution in [0.5, 0.6) is 0 Å². The zero-order chi connectivity index (χ0) is 15.7. The predicted molar refractivity (Wildman–Crippen MR) is 88.7 cm³/mol. The zero-order valence-corrected chi connectivity index (χ0v) is 14.0. The highest BCUT2D eigenvalue weighted by molar-refractivity contribution is 7.07. The summed E-state index contributed by atoms with van der Waals surface area (Å²) in [6.45, 7) is 9.22. The topological polar surface area (TPSA) is 49.3 Å². The number of benzene rings is 1. The summed E-state index contributed by atoms with van der Waals surface area (Å²) in [6.07, 6.45) is 0. The van der Waals surface area contributed by atoms with Gasteiger partial charge in [0, 0.05) is 31.9 Å². The molecule has 0 saturated carbocycles. The van der Waals surface area contributed by atoms with Gasteiger partial charge in [-0.1, -0.05) is 12.1 Å². The smallest absolute Gasteiger partial charge is 0.284 e. The normalized spacial score (nSPS) is 15.2. The molecule has 1 aliphatic rings. The Labute approximate surface area is 134 Å². The number of hydrogen-bond donors (Lipinski definition) is 0. The number of carbonyl (C=O) groups is 1. The lowest BCUT2D eigenvalue weighted by atomic mass is 10.1. The molecule has 1 fully saturated rings. The van der Waals surface area contributed by atoms with E-state index < -0.39 is 0 Å². The second-order valence-electron chi connectivity index (χ2n) is 5.72. The molecule has 1 aliphatic heterocycles. The molecule has 0 spiro atoms. The lowest BCUT2D eigenvalue weighted by Gasteiger charge is -2.36. The molecule has 0 radical (unpaired) electrons. The largest absolute Gasteiger partial charge is 0.368 e. The summed E-state index contributed by atoms with van der Waals surface area (Å²) in [7, 11) is 0. The van der Waals surface area contributed by atoms with Crippen molar-refractivity contribution in [2.75, 3.05) is 31.1 Å². The maximum Gasteiger partial charge on any atom is 0.284 e. The molecule has 1 saturated heterocycles. The molecule has 3 rings (SSSR count). The average molecular weight is 316 g/mol. The van der Waals surface area contributed by atoms with Crippen molar-refractivity contribution in [2.24, 2.45) is 0 Å². The standard InChI is InChI=1S/C16H20N4OS/c1-11-4-5-12(2)14(10-11)19-6-8-20(9-7-19)16(21)15-17-13(3)18-22-15/h4-5,10H,6-9H2,1-3H3. The molecule has 22 heavy (non-hydrogen) atoms. The monoisotopic (exact) mass is 316 g/mol. The third-order valence-corrected chi connectivity index (χ3v) is 4.78. The molecule has 6 heteroatoms. The molecular formula is C16H20N4OS. The van der Waals surface area contributed by atoms with E-state index in [1.165, 1.54) is 28.3 Å². The van der Waals surface area contributed by atoms with Gasteiger partial charge in [-0.2, -0.15) is 4.37 Å². The Morgan fingerprint density at radius 1 is 1.14 bits per heavy atom. The molecular weight excluding hydrogens is 296 g/mol. The zero-order valence-electron chi connectivity index (χ0n) is 13.2. The molecule has 0 N–H and O–H groups in total. The van der Waals surface area contributed by atoms with Crippen LogP contribution in [0.3, 0.4) is 0 Å². The van der Waals surface area contributed by atoms with Gasteiger partial charge in [0.25, 0.3) is 5.91 Å². The number of hydrogen-bond acceptors (Lipinski definition) is 5. The highest BCUT2D eigenvalue weighted by Crippen LogP contribution is 2.23. The molecule has 5 nitrogen and oxygen atoms in total. The van der Waals surface area contributed by atoms with E-state index in [2.05, 4.69) is 46.3 Å². The van der Waals surface area contributed by atoms with Crippen molar-refractivity contribution in [3.05, 3.63) is 40.2 Å². The van der Waals surface area contributed by atoms with E-state index in [9.17, 15) is 4.79 Å². The number of rotatable bonds is 2. The number of aromatic nitrogens is 2. The van der Waals surface area contributed by atoms with Crippen molar-refractivity contribution >= 4 is 23.1 Å². The van der Waals surface area contributed by atoms with Gasteiger partial charge in [0.05, 0.1) is 0 Å². The van der Waals surface area contributed by atoms with Crippen LogP contribution in [0, 0.1) is 20.8 Å². The second-order valence-corrected chi connectivity index (χ2v) is 6.47. The molecule has 2 aromatic rings. The van der Waals surface area contributed by atoms with Crippen LogP contribution >= 0.6 is 11.5 Å². The number of carbonyl (C=O) groups excluding carboxylic acids is 1. The van der Waals surface area contributed by atoms with E-state index in [1.807, 2.05) is 11.8 Å². The molecule has 0 aliphatic carbocycles. The Bertz CT molecular complexity index is 689. The summed E-state index contributed by atoms with van der Waals surface area (Å²) in [5.41, 5.74) is 3.83. The van der Waals surface area contributed by atoms with Crippen molar-refractivity contribution in [1.29, 1.82) is 0 Å². The van der Waals surface area contributed by atoms with Crippen molar-refractivity contribution in [3.8, 4) is 0 Å². The summed E-state index contributed by atoms with van der Waals surface area (Å²) in [5.74, 6) is 0.675. The van der Waals surface area contributed by atoms with Gasteiger partial charge in [-0.05, 0) is 49.5 Å². The fourth-order valence-electron chi connectivity index (χ4n) is 2.73. The van der Waals surface area contributed by atoms with E-state index in [0.29, 0.717) is 10.8 Å². The second kappa shape index (κ2) is 6.04. The fraction of sp³-hybridized carbons (Fsp3) is 0.438. The minimum atomic E-state index is 0.00575. The molecule has 0 unspecified atom stereocenters. The number of amides is 1. The van der Waals surface area contributed by atoms with Gasteiger partial charge < -0.3 is 9.80 Å². The summed E-state index contributed by atoms with van der Waals surface area (Å²) < 4.78 is 4.09. The van der Waals surface area contributed by atoms with Gasteiger partial charge in [-0.3, -0.25) is 4.79 Å². The Kier molecular flexibility index (Phi) is 4.11. The van der Waals surface area contributed by atoms with Crippen LogP contribution in [-0.2, 0) is 0 Å². The highest BCUT2D eigenvalue weighted by Gasteiger charge is 2.25. The van der Waals surface area contributed by atoms with Crippen LogP contribution in [0.4, 0.5) is 5.69 Å². The first-order chi connectivity index (χ1) is 10.5. The van der Waals surface area contributed by atoms with Crippen molar-refractivity contribution in [1.82, 2.24) is 14.3 Å². The molecule has 0 atom stereocenters. The predicted octanol–water partition coefficient (Wildman–Crippen LogP) is 2.43. The van der Waals surface area contributed by atoms with Gasteiger partial charge >= 0.3 is 0 Å². The Morgan fingerprint density at radius 3 is 2.50 bits per heavy atom. The van der Waals surface area contributed by atoms with E-state index in [0.717, 1.165) is 26.2 Å². The molecule has 0 bridgehead atoms. The Balaban J connectivity index is 1.67. The molecule has 1 aromatic heterocycles. The third-order valence-electron chi connectivity index (χ3n) is 3.98. The lowest BCUT2D eigenvalue weighted by Crippen LogP contribution is -2.49. The summed E-state index contributed by atoms with van der Waals surface area (Å²) in [5, 5.41) is 0.498. The quantitative estimate of drug-likeness (QED) is 0.854. The van der Waals surface area contributed by atoms with Crippen molar-refractivity contribution in [2.45, 2.75) is 20.8 Å². The van der Waals surface area contributed by atoms with E-state index in [-0.39, 0.29) is 5.91 Å². The Morgan fingerprint density at radius 2 is 1.86 bits per heavy atom. The summed E-state index contributed by atoms with van der Waals surface area (Å²) in [6, 6.07) is 6.52. The Hall–Kier alpha value is -1.95. The molecule has 116 valence electrons. The SMILES string of the molecule is Cc1ccc(C)c(N2CCN(C(=O)c3nc(C)ns3)CC2)c1. The minimum absolute atomic E-state index is 0.00575. The maximum atomic E-state index is 12.4. The van der Waals surface area contributed by atoms with Gasteiger partial charge in [-0.25, -0.2) is 4.98 Å². The van der Waals surface area contributed by atoms with Gasteiger partial charge in [0.15, 0.2) is 0 Å². The molecule has 2 heterocycles. The molecule has 1 amide bonds. The first kappa shape index (κ1) is 15.0. The fourth-order valence-corrected chi connectivity index (χ4v) is 3.37. The first-order valence-electron chi connectivity index (χ1n) is 7.46. The van der Waals surface area contributed by atoms with Crippen LogP contribution < -0.4 is 4.90 Å². The van der Waals surface area contributed by atoms with Crippen LogP contribution in [0.15, 0.2) is 18.2 Å². The van der Waals surface area contributed by atoms with Crippen LogP contribution in [-0.4, -0.2) is 46.3 Å². The van der Waals surface area contributed by atoms with E-state index in [4.69, 9.17) is 0 Å².